The first kappa shape index (κ1) is 62.6. The highest BCUT2D eigenvalue weighted by atomic mass is 33.1. The fourth-order valence-electron chi connectivity index (χ4n) is 7.27. The summed E-state index contributed by atoms with van der Waals surface area (Å²) in [5.74, 6) is -8.73. The van der Waals surface area contributed by atoms with Crippen LogP contribution in [-0.2, 0) is 49.6 Å². The zero-order chi connectivity index (χ0) is 54.9. The van der Waals surface area contributed by atoms with E-state index in [1.54, 1.807) is 20.8 Å². The van der Waals surface area contributed by atoms with E-state index in [0.29, 0.717) is 12.0 Å². The summed E-state index contributed by atoms with van der Waals surface area (Å²) in [6.07, 6.45) is 0.697. The van der Waals surface area contributed by atoms with Gasteiger partial charge in [0.2, 0.25) is 53.2 Å². The van der Waals surface area contributed by atoms with Crippen molar-refractivity contribution in [3.8, 4) is 5.75 Å². The number of rotatable bonds is 21. The minimum Gasteiger partial charge on any atom is -0.508 e. The Morgan fingerprint density at radius 2 is 1.27 bits per heavy atom. The molecule has 0 radical (unpaired) electrons. The number of nitrogens with zero attached hydrogens (tertiary/aromatic N) is 2. The fourth-order valence-corrected chi connectivity index (χ4v) is 9.59. The molecule has 9 atom stereocenters. The lowest BCUT2D eigenvalue weighted by Gasteiger charge is -2.31. The van der Waals surface area contributed by atoms with Gasteiger partial charge < -0.3 is 76.3 Å². The third-order valence-corrected chi connectivity index (χ3v) is 13.9. The van der Waals surface area contributed by atoms with Crippen molar-refractivity contribution in [2.75, 3.05) is 24.6 Å². The summed E-state index contributed by atoms with van der Waals surface area (Å²) in [5, 5.41) is 31.3. The van der Waals surface area contributed by atoms with Gasteiger partial charge in [0.1, 0.15) is 54.1 Å². The van der Waals surface area contributed by atoms with E-state index in [1.165, 1.54) is 31.2 Å². The van der Waals surface area contributed by atoms with Crippen LogP contribution in [0.15, 0.2) is 34.3 Å². The summed E-state index contributed by atoms with van der Waals surface area (Å²) in [7, 11) is 2.07. The Morgan fingerprint density at radius 1 is 0.712 bits per heavy atom. The van der Waals surface area contributed by atoms with E-state index < -0.39 is 113 Å². The lowest BCUT2D eigenvalue weighted by atomic mass is 9.95. The molecule has 1 aliphatic heterocycles. The summed E-state index contributed by atoms with van der Waals surface area (Å²) in [6.45, 7) is 11.9. The molecular weight excluding hydrogens is 987 g/mol. The van der Waals surface area contributed by atoms with E-state index in [2.05, 4.69) is 52.5 Å². The summed E-state index contributed by atoms with van der Waals surface area (Å²) in [6, 6.07) is -4.34. The standard InChI is InChI=1S/C46H77N15O10S2/c1-8-25(6)36-44(71)60-35(24(4)5)43(70)56-30(12-10-18-53-46(50)51)39(66)59-34(22-73-72-21-33(54-26(7)62)41(68)58-32(19-23(2)3)40(67)61-36)42(69)55-29(11-9-17-52-45(48)49)38(65)57-31(37(47)64)20-27-13-15-28(63)16-14-27/h13-16,23-25,29-36,63H,8-12,17-22H2,1-7H3,(H2,47,64)(H,54,62)(H,55,69)(H,56,70)(H,57,65)(H,58,68)(H,59,66)(H,60,71)(H,61,67)(H4,48,49,52)(H4,50,51,53)/t25-,29-,30-,31-,32-,33?,34-,35?,36-/m0/s1. The predicted molar refractivity (Wildman–Crippen MR) is 281 cm³/mol. The van der Waals surface area contributed by atoms with Crippen molar-refractivity contribution in [3.63, 3.8) is 0 Å². The summed E-state index contributed by atoms with van der Waals surface area (Å²) in [5.41, 5.74) is 28.3. The molecule has 0 aromatic heterocycles. The number of phenolic OH excluding ortho intramolecular Hbond substituents is 1. The second-order valence-corrected chi connectivity index (χ2v) is 21.1. The molecule has 1 fully saturated rings. The van der Waals surface area contributed by atoms with Gasteiger partial charge >= 0.3 is 0 Å². The number of aliphatic imine (C=N–C) groups is 2. The third kappa shape index (κ3) is 23.3. The molecule has 2 rings (SSSR count). The van der Waals surface area contributed by atoms with E-state index in [-0.39, 0.29) is 86.7 Å². The highest BCUT2D eigenvalue weighted by Crippen LogP contribution is 2.24. The number of nitrogens with two attached hydrogens (primary N) is 5. The van der Waals surface area contributed by atoms with Crippen molar-refractivity contribution in [1.29, 1.82) is 0 Å². The zero-order valence-corrected chi connectivity index (χ0v) is 44.3. The number of amides is 9. The largest absolute Gasteiger partial charge is 0.508 e. The second kappa shape index (κ2) is 31.8. The van der Waals surface area contributed by atoms with Crippen molar-refractivity contribution in [3.05, 3.63) is 29.8 Å². The maximum Gasteiger partial charge on any atom is 0.244 e. The number of guanidine groups is 2. The number of nitrogens with one attached hydrogen (secondary N) is 8. The van der Waals surface area contributed by atoms with Crippen molar-refractivity contribution >= 4 is 86.7 Å². The van der Waals surface area contributed by atoms with Crippen LogP contribution in [-0.4, -0.2) is 143 Å². The number of carbonyl (C=O) groups is 9. The van der Waals surface area contributed by atoms with Gasteiger partial charge in [0.25, 0.3) is 0 Å². The van der Waals surface area contributed by atoms with E-state index >= 15 is 0 Å². The first-order chi connectivity index (χ1) is 34.3. The van der Waals surface area contributed by atoms with Gasteiger partial charge in [-0.1, -0.05) is 81.7 Å². The van der Waals surface area contributed by atoms with Crippen LogP contribution in [0.3, 0.4) is 0 Å². The van der Waals surface area contributed by atoms with Gasteiger partial charge in [-0.15, -0.1) is 0 Å². The average Bonchev–Trinajstić information content (AvgIpc) is 3.30. The zero-order valence-electron chi connectivity index (χ0n) is 42.7. The van der Waals surface area contributed by atoms with E-state index in [4.69, 9.17) is 28.7 Å². The molecule has 1 heterocycles. The molecule has 408 valence electrons. The maximum absolute atomic E-state index is 14.5. The Balaban J connectivity index is 2.73. The number of carbonyl (C=O) groups excluding carboxylic acids is 9. The molecular formula is C46H77N15O10S2. The Kier molecular flexibility index (Phi) is 27.3. The monoisotopic (exact) mass is 1060 g/mol. The second-order valence-electron chi connectivity index (χ2n) is 18.5. The Hall–Kier alpha value is -6.51. The van der Waals surface area contributed by atoms with Crippen LogP contribution in [0.5, 0.6) is 5.75 Å². The maximum atomic E-state index is 14.5. The van der Waals surface area contributed by atoms with Crippen molar-refractivity contribution in [1.82, 2.24) is 42.5 Å². The SMILES string of the molecule is CC[C@H](C)[C@@H]1NC(=O)[C@H](CC(C)C)NC(=O)C(NC(C)=O)CSSC[C@@H](C(=O)N[C@@H](CCCN=C(N)N)C(=O)N[C@@H](Cc2ccc(O)cc2)C(N)=O)NC(=O)[C@H](CCCN=C(N)N)NC(=O)C(C(C)C)NC1=O. The lowest BCUT2D eigenvalue weighted by Crippen LogP contribution is -2.62. The molecule has 27 heteroatoms. The molecule has 0 spiro atoms. The lowest BCUT2D eigenvalue weighted by molar-refractivity contribution is -0.137. The Labute approximate surface area is 434 Å². The van der Waals surface area contributed by atoms with Crippen molar-refractivity contribution in [2.24, 2.45) is 56.4 Å². The number of hydrogen-bond donors (Lipinski definition) is 14. The molecule has 9 amide bonds. The van der Waals surface area contributed by atoms with Crippen LogP contribution in [0.25, 0.3) is 0 Å². The number of phenols is 1. The first-order valence-corrected chi connectivity index (χ1v) is 26.6. The highest BCUT2D eigenvalue weighted by Gasteiger charge is 2.37. The number of hydrogen-bond acceptors (Lipinski definition) is 14. The number of aromatic hydroxyl groups is 1. The van der Waals surface area contributed by atoms with Gasteiger partial charge in [-0.25, -0.2) is 0 Å². The molecule has 73 heavy (non-hydrogen) atoms. The molecule has 2 unspecified atom stereocenters. The van der Waals surface area contributed by atoms with E-state index in [1.807, 2.05) is 20.8 Å². The minimum atomic E-state index is -1.46. The molecule has 1 aliphatic rings. The summed E-state index contributed by atoms with van der Waals surface area (Å²) in [4.78, 5) is 132. The Morgan fingerprint density at radius 3 is 1.84 bits per heavy atom. The Bertz CT molecular complexity index is 2110. The third-order valence-electron chi connectivity index (χ3n) is 11.5. The molecule has 19 N–H and O–H groups in total. The van der Waals surface area contributed by atoms with Crippen LogP contribution in [0.1, 0.15) is 92.6 Å². The van der Waals surface area contributed by atoms with Crippen molar-refractivity contribution < 1.29 is 48.3 Å². The van der Waals surface area contributed by atoms with Gasteiger partial charge in [0.05, 0.1) is 0 Å². The highest BCUT2D eigenvalue weighted by molar-refractivity contribution is 8.76. The first-order valence-electron chi connectivity index (χ1n) is 24.1. The van der Waals surface area contributed by atoms with Crippen molar-refractivity contribution in [2.45, 2.75) is 142 Å². The minimum absolute atomic E-state index is 0.0252. The molecule has 0 saturated carbocycles. The summed E-state index contributed by atoms with van der Waals surface area (Å²) >= 11 is 0. The normalized spacial score (nSPS) is 21.8. The van der Waals surface area contributed by atoms with Crippen LogP contribution in [0.2, 0.25) is 0 Å². The number of benzene rings is 1. The van der Waals surface area contributed by atoms with Crippen LogP contribution in [0.4, 0.5) is 0 Å². The van der Waals surface area contributed by atoms with Gasteiger partial charge in [0.15, 0.2) is 11.9 Å². The molecule has 0 aliphatic carbocycles. The fraction of sp³-hybridized carbons (Fsp3) is 0.630. The molecule has 1 aromatic carbocycles. The van der Waals surface area contributed by atoms with Gasteiger partial charge in [-0.05, 0) is 67.6 Å². The van der Waals surface area contributed by atoms with Gasteiger partial charge in [-0.2, -0.15) is 0 Å². The predicted octanol–water partition coefficient (Wildman–Crippen LogP) is -2.43. The van der Waals surface area contributed by atoms with Gasteiger partial charge in [-0.3, -0.25) is 53.1 Å². The molecule has 25 nitrogen and oxygen atoms in total. The van der Waals surface area contributed by atoms with Gasteiger partial charge in [0, 0.05) is 37.9 Å². The smallest absolute Gasteiger partial charge is 0.244 e. The molecule has 0 bridgehead atoms. The average molecular weight is 1060 g/mol. The van der Waals surface area contributed by atoms with Crippen LogP contribution < -0.4 is 71.2 Å². The molecule has 1 aromatic rings. The van der Waals surface area contributed by atoms with E-state index in [0.717, 1.165) is 21.6 Å². The molecule has 1 saturated heterocycles. The van der Waals surface area contributed by atoms with Crippen LogP contribution >= 0.6 is 21.6 Å². The quantitative estimate of drug-likeness (QED) is 0.0263. The number of primary amides is 1. The summed E-state index contributed by atoms with van der Waals surface area (Å²) < 4.78 is 0. The topological polar surface area (TPSA) is 425 Å². The van der Waals surface area contributed by atoms with Crippen LogP contribution in [0, 0.1) is 17.8 Å². The van der Waals surface area contributed by atoms with E-state index in [9.17, 15) is 48.3 Å².